The lowest BCUT2D eigenvalue weighted by Gasteiger charge is -2.40. The van der Waals surface area contributed by atoms with Gasteiger partial charge in [0.15, 0.2) is 0 Å². The summed E-state index contributed by atoms with van der Waals surface area (Å²) in [4.78, 5) is 37.1. The number of halogens is 1. The number of urea groups is 1. The van der Waals surface area contributed by atoms with Gasteiger partial charge in [0, 0.05) is 62.9 Å². The number of benzene rings is 2. The summed E-state index contributed by atoms with van der Waals surface area (Å²) in [5.41, 5.74) is 12.3. The molecule has 2 heterocycles. The summed E-state index contributed by atoms with van der Waals surface area (Å²) < 4.78 is 5.42. The van der Waals surface area contributed by atoms with Gasteiger partial charge in [0.05, 0.1) is 35.1 Å². The third kappa shape index (κ3) is 7.52. The fourth-order valence-corrected chi connectivity index (χ4v) is 6.22. The van der Waals surface area contributed by atoms with E-state index in [0.717, 1.165) is 28.0 Å². The first-order chi connectivity index (χ1) is 23.3. The highest BCUT2D eigenvalue weighted by Crippen LogP contribution is 2.42. The van der Waals surface area contributed by atoms with Crippen LogP contribution in [0.2, 0.25) is 5.02 Å². The van der Waals surface area contributed by atoms with Gasteiger partial charge in [-0.25, -0.2) is 4.79 Å². The molecule has 4 N–H and O–H groups in total. The first-order valence-corrected chi connectivity index (χ1v) is 16.1. The van der Waals surface area contributed by atoms with Crippen molar-refractivity contribution in [2.45, 2.75) is 19.0 Å². The summed E-state index contributed by atoms with van der Waals surface area (Å²) in [5, 5.41) is 15.7. The standard InChI is InChI=1S/C36H39ClN8O3/c1-4-43(3)31(22-39)34(42-32(46)23-48-5-2)30-19-25-7-6-14-40-33(25)35(28-13-10-26(37)20-29(28)30)44-15-17-45(18-16-44)36(47)41-27-11-8-24(21-38)9-12-27/h4,6-14,19-20,22,34-35H,1,5,15-18,23,39H2,2-3H3,(H,41,47)(H,42,46)/b31-22-. The molecule has 1 aliphatic carbocycles. The second kappa shape index (κ2) is 15.6. The van der Waals surface area contributed by atoms with Gasteiger partial charge in [0.2, 0.25) is 5.91 Å². The van der Waals surface area contributed by atoms with Gasteiger partial charge in [-0.15, -0.1) is 0 Å². The molecule has 3 amide bonds. The highest BCUT2D eigenvalue weighted by molar-refractivity contribution is 6.30. The molecule has 2 unspecified atom stereocenters. The Hall–Kier alpha value is -5.15. The number of anilines is 1. The zero-order valence-electron chi connectivity index (χ0n) is 27.0. The van der Waals surface area contributed by atoms with Crippen LogP contribution in [0, 0.1) is 11.3 Å². The number of hydrogen-bond acceptors (Lipinski definition) is 8. The number of amides is 3. The van der Waals surface area contributed by atoms with E-state index in [4.69, 9.17) is 32.3 Å². The molecule has 1 saturated heterocycles. The summed E-state index contributed by atoms with van der Waals surface area (Å²) >= 11 is 6.66. The van der Waals surface area contributed by atoms with Crippen LogP contribution in [0.3, 0.4) is 0 Å². The molecule has 5 rings (SSSR count). The number of nitrogens with zero attached hydrogens (tertiary/aromatic N) is 5. The summed E-state index contributed by atoms with van der Waals surface area (Å²) in [6.45, 7) is 8.18. The van der Waals surface area contributed by atoms with Crippen LogP contribution in [-0.4, -0.2) is 84.1 Å². The lowest BCUT2D eigenvalue weighted by Crippen LogP contribution is -2.51. The van der Waals surface area contributed by atoms with Crippen molar-refractivity contribution >= 4 is 40.9 Å². The maximum Gasteiger partial charge on any atom is 0.321 e. The van der Waals surface area contributed by atoms with E-state index in [-0.39, 0.29) is 24.6 Å². The van der Waals surface area contributed by atoms with Crippen molar-refractivity contribution in [1.82, 2.24) is 25.0 Å². The van der Waals surface area contributed by atoms with Crippen molar-refractivity contribution < 1.29 is 14.3 Å². The van der Waals surface area contributed by atoms with Crippen LogP contribution in [0.15, 0.2) is 85.5 Å². The average molecular weight is 667 g/mol. The van der Waals surface area contributed by atoms with Crippen LogP contribution in [-0.2, 0) is 9.53 Å². The smallest absolute Gasteiger partial charge is 0.321 e. The van der Waals surface area contributed by atoms with Gasteiger partial charge >= 0.3 is 6.03 Å². The first-order valence-electron chi connectivity index (χ1n) is 15.7. The summed E-state index contributed by atoms with van der Waals surface area (Å²) in [7, 11) is 1.82. The molecule has 0 radical (unpaired) electrons. The molecule has 0 saturated carbocycles. The number of piperazine rings is 1. The lowest BCUT2D eigenvalue weighted by atomic mass is 9.89. The summed E-state index contributed by atoms with van der Waals surface area (Å²) in [5.74, 6) is -0.300. The number of nitrogens with two attached hydrogens (primary N) is 1. The van der Waals surface area contributed by atoms with Gasteiger partial charge in [-0.05, 0) is 83.9 Å². The third-order valence-corrected chi connectivity index (χ3v) is 8.73. The number of fused-ring (bicyclic) bond motifs is 2. The van der Waals surface area contributed by atoms with Gasteiger partial charge in [-0.3, -0.25) is 14.7 Å². The van der Waals surface area contributed by atoms with E-state index in [1.165, 1.54) is 6.20 Å². The normalized spacial score (nSPS) is 16.7. The van der Waals surface area contributed by atoms with Crippen molar-refractivity contribution in [2.24, 2.45) is 5.73 Å². The Morgan fingerprint density at radius 1 is 1.21 bits per heavy atom. The maximum absolute atomic E-state index is 13.2. The lowest BCUT2D eigenvalue weighted by molar-refractivity contribution is -0.125. The minimum Gasteiger partial charge on any atom is -0.403 e. The van der Waals surface area contributed by atoms with Crippen molar-refractivity contribution in [2.75, 3.05) is 51.8 Å². The largest absolute Gasteiger partial charge is 0.403 e. The number of nitrogens with one attached hydrogen (secondary N) is 2. The van der Waals surface area contributed by atoms with E-state index in [9.17, 15) is 9.59 Å². The van der Waals surface area contributed by atoms with Crippen LogP contribution in [0.5, 0.6) is 0 Å². The van der Waals surface area contributed by atoms with Gasteiger partial charge in [-0.2, -0.15) is 5.26 Å². The number of likely N-dealkylation sites (N-methyl/N-ethyl adjacent to an activating group) is 1. The maximum atomic E-state index is 13.2. The second-order valence-corrected chi connectivity index (χ2v) is 11.8. The molecule has 1 fully saturated rings. The van der Waals surface area contributed by atoms with Crippen molar-refractivity contribution in [3.8, 4) is 6.07 Å². The molecule has 0 spiro atoms. The van der Waals surface area contributed by atoms with Crippen molar-refractivity contribution in [3.63, 3.8) is 0 Å². The van der Waals surface area contributed by atoms with Crippen LogP contribution in [0.25, 0.3) is 11.6 Å². The number of carbonyl (C=O) groups excluding carboxylic acids is 2. The van der Waals surface area contributed by atoms with E-state index in [1.807, 2.05) is 50.4 Å². The van der Waals surface area contributed by atoms with E-state index in [0.29, 0.717) is 54.8 Å². The molecule has 2 aliphatic rings. The molecule has 48 heavy (non-hydrogen) atoms. The van der Waals surface area contributed by atoms with Gasteiger partial charge < -0.3 is 30.9 Å². The quantitative estimate of drug-likeness (QED) is 0.281. The van der Waals surface area contributed by atoms with Crippen LogP contribution in [0.1, 0.15) is 40.9 Å². The average Bonchev–Trinajstić information content (AvgIpc) is 3.25. The zero-order chi connectivity index (χ0) is 34.2. The van der Waals surface area contributed by atoms with E-state index in [2.05, 4.69) is 28.2 Å². The number of rotatable bonds is 10. The fraction of sp³-hybridized carbons (Fsp3) is 0.278. The van der Waals surface area contributed by atoms with E-state index >= 15 is 0 Å². The number of carbonyl (C=O) groups is 2. The van der Waals surface area contributed by atoms with Crippen molar-refractivity contribution in [3.05, 3.63) is 118 Å². The molecule has 3 aromatic rings. The molecule has 248 valence electrons. The Labute approximate surface area is 285 Å². The minimum absolute atomic E-state index is 0.109. The molecular weight excluding hydrogens is 628 g/mol. The van der Waals surface area contributed by atoms with Crippen LogP contribution < -0.4 is 16.4 Å². The van der Waals surface area contributed by atoms with Gasteiger partial charge in [-0.1, -0.05) is 30.3 Å². The highest BCUT2D eigenvalue weighted by Gasteiger charge is 2.36. The Morgan fingerprint density at radius 3 is 2.62 bits per heavy atom. The van der Waals surface area contributed by atoms with Gasteiger partial charge in [0.25, 0.3) is 0 Å². The molecule has 1 aliphatic heterocycles. The summed E-state index contributed by atoms with van der Waals surface area (Å²) in [6, 6.07) is 17.4. The molecule has 1 aromatic heterocycles. The Bertz CT molecular complexity index is 1760. The van der Waals surface area contributed by atoms with E-state index in [1.54, 1.807) is 46.5 Å². The van der Waals surface area contributed by atoms with E-state index < -0.39 is 6.04 Å². The predicted octanol–water partition coefficient (Wildman–Crippen LogP) is 4.80. The number of pyridine rings is 1. The topological polar surface area (TPSA) is 140 Å². The Balaban J connectivity index is 1.50. The number of ether oxygens (including phenoxy) is 1. The molecule has 2 aromatic carbocycles. The van der Waals surface area contributed by atoms with Gasteiger partial charge in [0.1, 0.15) is 6.61 Å². The molecule has 0 bridgehead atoms. The van der Waals surface area contributed by atoms with Crippen LogP contribution >= 0.6 is 11.6 Å². The predicted molar refractivity (Wildman–Crippen MR) is 187 cm³/mol. The Morgan fingerprint density at radius 2 is 1.96 bits per heavy atom. The molecule has 11 nitrogen and oxygen atoms in total. The molecular formula is C36H39ClN8O3. The fourth-order valence-electron chi connectivity index (χ4n) is 6.04. The number of hydrogen-bond donors (Lipinski definition) is 3. The molecule has 2 atom stereocenters. The first kappa shape index (κ1) is 34.2. The molecule has 12 heteroatoms. The minimum atomic E-state index is -0.683. The van der Waals surface area contributed by atoms with Crippen LogP contribution in [0.4, 0.5) is 10.5 Å². The zero-order valence-corrected chi connectivity index (χ0v) is 27.8. The summed E-state index contributed by atoms with van der Waals surface area (Å²) in [6.07, 6.45) is 6.91. The third-order valence-electron chi connectivity index (χ3n) is 8.50. The SMILES string of the molecule is C=CN(C)/C(=C\N)C(NC(=O)COCC)C1=Cc2cccnc2C(N2CCN(C(=O)Nc3ccc(C#N)cc3)CC2)c2ccc(Cl)cc21. The number of nitriles is 1. The Kier molecular flexibility index (Phi) is 11.1. The van der Waals surface area contributed by atoms with Crippen molar-refractivity contribution in [1.29, 1.82) is 5.26 Å². The second-order valence-electron chi connectivity index (χ2n) is 11.4. The monoisotopic (exact) mass is 666 g/mol. The highest BCUT2D eigenvalue weighted by atomic mass is 35.5. The number of aromatic nitrogens is 1.